The van der Waals surface area contributed by atoms with Crippen molar-refractivity contribution in [1.82, 2.24) is 9.88 Å². The monoisotopic (exact) mass is 334 g/mol. The van der Waals surface area contributed by atoms with Crippen LogP contribution in [0.5, 0.6) is 0 Å². The Morgan fingerprint density at radius 1 is 1.16 bits per heavy atom. The lowest BCUT2D eigenvalue weighted by molar-refractivity contribution is -0.141. The van der Waals surface area contributed by atoms with Gasteiger partial charge in [0, 0.05) is 35.3 Å². The molecule has 1 aliphatic carbocycles. The van der Waals surface area contributed by atoms with Gasteiger partial charge in [0.15, 0.2) is 0 Å². The number of piperidine rings is 1. The lowest BCUT2D eigenvalue weighted by Gasteiger charge is -2.40. The second-order valence-electron chi connectivity index (χ2n) is 8.72. The average molecular weight is 334 g/mol. The van der Waals surface area contributed by atoms with Gasteiger partial charge in [-0.2, -0.15) is 0 Å². The van der Waals surface area contributed by atoms with Crippen molar-refractivity contribution in [3.05, 3.63) is 42.2 Å². The van der Waals surface area contributed by atoms with E-state index in [1.165, 1.54) is 42.0 Å². The van der Waals surface area contributed by atoms with E-state index in [1.807, 2.05) is 12.4 Å². The second kappa shape index (κ2) is 5.55. The summed E-state index contributed by atoms with van der Waals surface area (Å²) >= 11 is 0. The third kappa shape index (κ3) is 2.56. The van der Waals surface area contributed by atoms with Crippen LogP contribution in [0, 0.1) is 11.3 Å². The molecule has 1 aromatic carbocycles. The van der Waals surface area contributed by atoms with Crippen molar-refractivity contribution in [3.63, 3.8) is 0 Å². The lowest BCUT2D eigenvalue weighted by atomic mass is 9.84. The Morgan fingerprint density at radius 2 is 1.88 bits per heavy atom. The molecule has 5 rings (SSSR count). The first-order valence-electron chi connectivity index (χ1n) is 9.78. The van der Waals surface area contributed by atoms with E-state index < -0.39 is 0 Å². The maximum absolute atomic E-state index is 12.9. The quantitative estimate of drug-likeness (QED) is 0.836. The molecule has 2 aliphatic heterocycles. The zero-order valence-electron chi connectivity index (χ0n) is 14.9. The summed E-state index contributed by atoms with van der Waals surface area (Å²) in [5.74, 6) is 1.13. The normalized spacial score (nSPS) is 29.8. The van der Waals surface area contributed by atoms with E-state index in [1.54, 1.807) is 0 Å². The van der Waals surface area contributed by atoms with Crippen LogP contribution in [0.25, 0.3) is 10.8 Å². The fourth-order valence-corrected chi connectivity index (χ4v) is 5.15. The number of nitrogens with zero attached hydrogens (tertiary/aromatic N) is 2. The summed E-state index contributed by atoms with van der Waals surface area (Å²) in [4.78, 5) is 19.6. The number of benzene rings is 1. The van der Waals surface area contributed by atoms with Gasteiger partial charge in [0.25, 0.3) is 0 Å². The first-order chi connectivity index (χ1) is 12.1. The summed E-state index contributed by atoms with van der Waals surface area (Å²) < 4.78 is 0. The molecule has 2 saturated heterocycles. The van der Waals surface area contributed by atoms with Gasteiger partial charge in [0.05, 0.1) is 0 Å². The Labute approximate surface area is 149 Å². The number of pyridine rings is 1. The highest BCUT2D eigenvalue weighted by molar-refractivity contribution is 5.86. The number of aromatic nitrogens is 1. The summed E-state index contributed by atoms with van der Waals surface area (Å²) in [6.45, 7) is 2.16. The highest BCUT2D eigenvalue weighted by Gasteiger charge is 2.53. The predicted molar refractivity (Wildman–Crippen MR) is 99.2 cm³/mol. The maximum Gasteiger partial charge on any atom is 0.229 e. The molecule has 1 aromatic heterocycles. The van der Waals surface area contributed by atoms with E-state index >= 15 is 0 Å². The van der Waals surface area contributed by atoms with Gasteiger partial charge in [-0.25, -0.2) is 0 Å². The van der Waals surface area contributed by atoms with Gasteiger partial charge in [-0.05, 0) is 61.8 Å². The van der Waals surface area contributed by atoms with Gasteiger partial charge in [0.1, 0.15) is 0 Å². The molecule has 3 heteroatoms. The minimum atomic E-state index is -0.0206. The first-order valence-corrected chi connectivity index (χ1v) is 9.78. The van der Waals surface area contributed by atoms with Crippen LogP contribution in [0.1, 0.15) is 51.0 Å². The molecule has 0 spiro atoms. The topological polar surface area (TPSA) is 33.2 Å². The first kappa shape index (κ1) is 15.4. The van der Waals surface area contributed by atoms with Gasteiger partial charge in [0.2, 0.25) is 5.91 Å². The van der Waals surface area contributed by atoms with Crippen LogP contribution < -0.4 is 0 Å². The highest BCUT2D eigenvalue weighted by Crippen LogP contribution is 2.50. The molecule has 2 bridgehead atoms. The molecule has 130 valence electrons. The van der Waals surface area contributed by atoms with Crippen molar-refractivity contribution in [2.24, 2.45) is 11.3 Å². The Bertz CT molecular complexity index is 806. The lowest BCUT2D eigenvalue weighted by Crippen LogP contribution is -2.49. The fourth-order valence-electron chi connectivity index (χ4n) is 5.15. The van der Waals surface area contributed by atoms with Gasteiger partial charge in [-0.15, -0.1) is 0 Å². The number of hydrogen-bond acceptors (Lipinski definition) is 2. The van der Waals surface area contributed by atoms with Crippen molar-refractivity contribution in [1.29, 1.82) is 0 Å². The summed E-state index contributed by atoms with van der Waals surface area (Å²) in [6.07, 6.45) is 12.0. The van der Waals surface area contributed by atoms with E-state index in [4.69, 9.17) is 0 Å². The molecule has 1 saturated carbocycles. The third-order valence-corrected chi connectivity index (χ3v) is 6.84. The standard InChI is InChI=1S/C22H26N2O/c1-22(8-9-22)21(25)24-18-6-7-19(24)12-15(11-18)10-17-14-23-13-16-4-2-3-5-20(16)17/h2-5,13-15,18-19H,6-12H2,1H3. The molecule has 2 atom stereocenters. The van der Waals surface area contributed by atoms with Crippen LogP contribution in [0.4, 0.5) is 0 Å². The Morgan fingerprint density at radius 3 is 2.60 bits per heavy atom. The molecule has 25 heavy (non-hydrogen) atoms. The summed E-state index contributed by atoms with van der Waals surface area (Å²) in [5, 5.41) is 2.58. The molecule has 2 aromatic rings. The number of carbonyl (C=O) groups is 1. The molecule has 3 fully saturated rings. The predicted octanol–water partition coefficient (Wildman–Crippen LogP) is 4.35. The Hall–Kier alpha value is -1.90. The van der Waals surface area contributed by atoms with Crippen LogP contribution in [0.3, 0.4) is 0 Å². The number of amides is 1. The minimum absolute atomic E-state index is 0.0206. The number of fused-ring (bicyclic) bond motifs is 3. The Balaban J connectivity index is 1.35. The number of carbonyl (C=O) groups excluding carboxylic acids is 1. The molecule has 0 N–H and O–H groups in total. The molecule has 3 heterocycles. The van der Waals surface area contributed by atoms with Crippen molar-refractivity contribution in [3.8, 4) is 0 Å². The largest absolute Gasteiger partial charge is 0.336 e. The summed E-state index contributed by atoms with van der Waals surface area (Å²) in [5.41, 5.74) is 1.35. The summed E-state index contributed by atoms with van der Waals surface area (Å²) in [7, 11) is 0. The van der Waals surface area contributed by atoms with Crippen molar-refractivity contribution in [2.75, 3.05) is 0 Å². The molecule has 3 nitrogen and oxygen atoms in total. The van der Waals surface area contributed by atoms with Crippen LogP contribution in [0.15, 0.2) is 36.7 Å². The SMILES string of the molecule is CC1(C(=O)N2C3CCC2CC(Cc2cncc4ccccc24)C3)CC1. The van der Waals surface area contributed by atoms with Crippen LogP contribution in [0.2, 0.25) is 0 Å². The number of hydrogen-bond donors (Lipinski definition) is 0. The maximum atomic E-state index is 12.9. The van der Waals surface area contributed by atoms with E-state index in [9.17, 15) is 4.79 Å². The molecule has 3 aliphatic rings. The minimum Gasteiger partial charge on any atom is -0.336 e. The average Bonchev–Trinajstić information content (AvgIpc) is 3.32. The molecular weight excluding hydrogens is 308 g/mol. The van der Waals surface area contributed by atoms with Gasteiger partial charge in [-0.1, -0.05) is 31.2 Å². The highest BCUT2D eigenvalue weighted by atomic mass is 16.2. The van der Waals surface area contributed by atoms with Crippen molar-refractivity contribution < 1.29 is 4.79 Å². The van der Waals surface area contributed by atoms with Gasteiger partial charge >= 0.3 is 0 Å². The van der Waals surface area contributed by atoms with Crippen LogP contribution >= 0.6 is 0 Å². The van der Waals surface area contributed by atoms with E-state index in [-0.39, 0.29) is 5.41 Å². The molecule has 2 unspecified atom stereocenters. The summed E-state index contributed by atoms with van der Waals surface area (Å²) in [6, 6.07) is 9.53. The molecule has 0 radical (unpaired) electrons. The second-order valence-corrected chi connectivity index (χ2v) is 8.72. The van der Waals surface area contributed by atoms with Crippen molar-refractivity contribution >= 4 is 16.7 Å². The van der Waals surface area contributed by atoms with E-state index in [0.717, 1.165) is 19.3 Å². The van der Waals surface area contributed by atoms with E-state index in [2.05, 4.69) is 41.1 Å². The smallest absolute Gasteiger partial charge is 0.229 e. The Kier molecular flexibility index (Phi) is 3.41. The molecular formula is C22H26N2O. The fraction of sp³-hybridized carbons (Fsp3) is 0.545. The van der Waals surface area contributed by atoms with Gasteiger partial charge in [-0.3, -0.25) is 9.78 Å². The third-order valence-electron chi connectivity index (χ3n) is 6.84. The number of rotatable bonds is 3. The molecule has 1 amide bonds. The zero-order valence-corrected chi connectivity index (χ0v) is 14.9. The zero-order chi connectivity index (χ0) is 17.0. The van der Waals surface area contributed by atoms with E-state index in [0.29, 0.717) is 23.9 Å². The van der Waals surface area contributed by atoms with Crippen LogP contribution in [-0.2, 0) is 11.2 Å². The van der Waals surface area contributed by atoms with Gasteiger partial charge < -0.3 is 4.90 Å². The van der Waals surface area contributed by atoms with Crippen LogP contribution in [-0.4, -0.2) is 27.9 Å². The van der Waals surface area contributed by atoms with Crippen molar-refractivity contribution in [2.45, 2.75) is 64.0 Å².